The van der Waals surface area contributed by atoms with Crippen LogP contribution in [-0.2, 0) is 0 Å². The average Bonchev–Trinajstić information content (AvgIpc) is 2.16. The highest BCUT2D eigenvalue weighted by molar-refractivity contribution is 8.07. The van der Waals surface area contributed by atoms with Crippen LogP contribution in [0.2, 0.25) is 0 Å². The summed E-state index contributed by atoms with van der Waals surface area (Å²) in [6.45, 7) is 3.34. The molecule has 0 atom stereocenters. The van der Waals surface area contributed by atoms with E-state index in [1.54, 1.807) is 24.4 Å². The second-order valence-electron chi connectivity index (χ2n) is 2.36. The minimum Gasteiger partial charge on any atom is -0.271 e. The van der Waals surface area contributed by atoms with Gasteiger partial charge in [0, 0.05) is 16.7 Å². The molecule has 0 spiro atoms. The third-order valence-corrected chi connectivity index (χ3v) is 2.33. The van der Waals surface area contributed by atoms with E-state index in [0.29, 0.717) is 5.56 Å². The predicted molar refractivity (Wildman–Crippen MR) is 57.4 cm³/mol. The third-order valence-electron chi connectivity index (χ3n) is 1.57. The summed E-state index contributed by atoms with van der Waals surface area (Å²) in [5.41, 5.74) is 0.572. The van der Waals surface area contributed by atoms with Gasteiger partial charge in [0.05, 0.1) is 0 Å². The molecular formula is C10H10FNS. The predicted octanol–water partition coefficient (Wildman–Crippen LogP) is 3.19. The minimum absolute atomic E-state index is 0.230. The molecule has 0 saturated carbocycles. The van der Waals surface area contributed by atoms with E-state index in [1.807, 2.05) is 6.26 Å². The molecule has 3 heteroatoms. The first-order valence-corrected chi connectivity index (χ1v) is 4.97. The fourth-order valence-electron chi connectivity index (χ4n) is 0.976. The number of halogens is 1. The highest BCUT2D eigenvalue weighted by Crippen LogP contribution is 2.26. The van der Waals surface area contributed by atoms with Gasteiger partial charge in [0.15, 0.2) is 0 Å². The van der Waals surface area contributed by atoms with E-state index in [2.05, 4.69) is 11.7 Å². The van der Waals surface area contributed by atoms with Crippen molar-refractivity contribution >= 4 is 23.4 Å². The van der Waals surface area contributed by atoms with Gasteiger partial charge in [0.25, 0.3) is 0 Å². The van der Waals surface area contributed by atoms with E-state index in [1.165, 1.54) is 17.8 Å². The van der Waals surface area contributed by atoms with E-state index in [-0.39, 0.29) is 5.82 Å². The molecule has 1 aromatic rings. The molecule has 68 valence electrons. The fraction of sp³-hybridized carbons (Fsp3) is 0.100. The maximum atomic E-state index is 13.2. The monoisotopic (exact) mass is 195 g/mol. The SMILES string of the molecule is C=N/C=C(\SC)c1ccccc1F. The van der Waals surface area contributed by atoms with Crippen LogP contribution in [0.15, 0.2) is 35.5 Å². The van der Waals surface area contributed by atoms with Gasteiger partial charge in [0.2, 0.25) is 0 Å². The molecule has 0 heterocycles. The van der Waals surface area contributed by atoms with E-state index in [4.69, 9.17) is 0 Å². The molecule has 1 rings (SSSR count). The molecular weight excluding hydrogens is 185 g/mol. The first kappa shape index (κ1) is 9.99. The lowest BCUT2D eigenvalue weighted by molar-refractivity contribution is 0.625. The van der Waals surface area contributed by atoms with Gasteiger partial charge in [-0.25, -0.2) is 4.39 Å². The summed E-state index contributed by atoms with van der Waals surface area (Å²) in [6, 6.07) is 6.62. The highest BCUT2D eigenvalue weighted by atomic mass is 32.2. The Labute approximate surface area is 81.4 Å². The minimum atomic E-state index is -0.230. The molecule has 1 aromatic carbocycles. The quantitative estimate of drug-likeness (QED) is 0.675. The van der Waals surface area contributed by atoms with Crippen LogP contribution in [0.4, 0.5) is 4.39 Å². The zero-order valence-corrected chi connectivity index (χ0v) is 8.14. The van der Waals surface area contributed by atoms with Gasteiger partial charge in [-0.15, -0.1) is 11.8 Å². The highest BCUT2D eigenvalue weighted by Gasteiger charge is 2.04. The molecule has 0 aliphatic rings. The number of hydrogen-bond donors (Lipinski definition) is 0. The van der Waals surface area contributed by atoms with Crippen LogP contribution in [0.5, 0.6) is 0 Å². The van der Waals surface area contributed by atoms with Crippen LogP contribution < -0.4 is 0 Å². The maximum absolute atomic E-state index is 13.2. The van der Waals surface area contributed by atoms with Crippen LogP contribution in [0.1, 0.15) is 5.56 Å². The van der Waals surface area contributed by atoms with Crippen LogP contribution in [0.25, 0.3) is 4.91 Å². The molecule has 1 nitrogen and oxygen atoms in total. The Bertz CT molecular complexity index is 333. The van der Waals surface area contributed by atoms with Crippen molar-refractivity contribution in [1.82, 2.24) is 0 Å². The lowest BCUT2D eigenvalue weighted by Crippen LogP contribution is -1.85. The van der Waals surface area contributed by atoms with Crippen molar-refractivity contribution in [3.8, 4) is 0 Å². The van der Waals surface area contributed by atoms with E-state index < -0.39 is 0 Å². The summed E-state index contributed by atoms with van der Waals surface area (Å²) >= 11 is 1.45. The fourth-order valence-corrected chi connectivity index (χ4v) is 1.54. The van der Waals surface area contributed by atoms with Crippen LogP contribution in [-0.4, -0.2) is 13.0 Å². The standard InChI is InChI=1S/C10H10FNS/c1-12-7-10(13-2)8-5-3-4-6-9(8)11/h3-7H,1H2,2H3/b10-7-. The van der Waals surface area contributed by atoms with E-state index in [0.717, 1.165) is 4.91 Å². The van der Waals surface area contributed by atoms with Crippen molar-refractivity contribution in [1.29, 1.82) is 0 Å². The maximum Gasteiger partial charge on any atom is 0.131 e. The van der Waals surface area contributed by atoms with Crippen molar-refractivity contribution in [2.75, 3.05) is 6.26 Å². The van der Waals surface area contributed by atoms with Crippen LogP contribution >= 0.6 is 11.8 Å². The topological polar surface area (TPSA) is 12.4 Å². The van der Waals surface area contributed by atoms with Crippen molar-refractivity contribution in [2.45, 2.75) is 0 Å². The van der Waals surface area contributed by atoms with E-state index in [9.17, 15) is 4.39 Å². The summed E-state index contributed by atoms with van der Waals surface area (Å²) in [7, 11) is 0. The normalized spacial score (nSPS) is 11.4. The second kappa shape index (κ2) is 4.82. The van der Waals surface area contributed by atoms with Gasteiger partial charge < -0.3 is 0 Å². The molecule has 0 aliphatic heterocycles. The Hall–Kier alpha value is -1.09. The lowest BCUT2D eigenvalue weighted by Gasteiger charge is -2.03. The van der Waals surface area contributed by atoms with Gasteiger partial charge in [-0.2, -0.15) is 0 Å². The molecule has 0 saturated heterocycles. The summed E-state index contributed by atoms with van der Waals surface area (Å²) < 4.78 is 13.2. The Morgan fingerprint density at radius 2 is 2.23 bits per heavy atom. The summed E-state index contributed by atoms with van der Waals surface area (Å²) in [5.74, 6) is -0.230. The number of benzene rings is 1. The molecule has 0 radical (unpaired) electrons. The van der Waals surface area contributed by atoms with Crippen molar-refractivity contribution in [3.05, 3.63) is 41.8 Å². The average molecular weight is 195 g/mol. The van der Waals surface area contributed by atoms with Crippen molar-refractivity contribution in [2.24, 2.45) is 4.99 Å². The first-order valence-electron chi connectivity index (χ1n) is 3.74. The number of aliphatic imine (C=N–C) groups is 1. The second-order valence-corrected chi connectivity index (χ2v) is 3.21. The molecule has 13 heavy (non-hydrogen) atoms. The molecule has 0 N–H and O–H groups in total. The number of hydrogen-bond acceptors (Lipinski definition) is 2. The molecule has 0 aromatic heterocycles. The third kappa shape index (κ3) is 2.42. The summed E-state index contributed by atoms with van der Waals surface area (Å²) in [4.78, 5) is 4.41. The Balaban J connectivity index is 3.12. The Morgan fingerprint density at radius 3 is 2.77 bits per heavy atom. The lowest BCUT2D eigenvalue weighted by atomic mass is 10.2. The van der Waals surface area contributed by atoms with Crippen molar-refractivity contribution < 1.29 is 4.39 Å². The zero-order valence-electron chi connectivity index (χ0n) is 7.33. The number of rotatable bonds is 3. The first-order chi connectivity index (χ1) is 6.29. The van der Waals surface area contributed by atoms with E-state index >= 15 is 0 Å². The largest absolute Gasteiger partial charge is 0.271 e. The van der Waals surface area contributed by atoms with Gasteiger partial charge in [-0.3, -0.25) is 4.99 Å². The van der Waals surface area contributed by atoms with Gasteiger partial charge >= 0.3 is 0 Å². The number of nitrogens with zero attached hydrogens (tertiary/aromatic N) is 1. The van der Waals surface area contributed by atoms with Crippen molar-refractivity contribution in [3.63, 3.8) is 0 Å². The molecule has 0 bridgehead atoms. The number of thioether (sulfide) groups is 1. The summed E-state index contributed by atoms with van der Waals surface area (Å²) in [5, 5.41) is 0. The summed E-state index contributed by atoms with van der Waals surface area (Å²) in [6.07, 6.45) is 3.44. The molecule has 0 unspecified atom stereocenters. The Morgan fingerprint density at radius 1 is 1.54 bits per heavy atom. The molecule has 0 amide bonds. The zero-order chi connectivity index (χ0) is 9.68. The molecule has 0 aliphatic carbocycles. The smallest absolute Gasteiger partial charge is 0.131 e. The van der Waals surface area contributed by atoms with Gasteiger partial charge in [-0.1, -0.05) is 18.2 Å². The van der Waals surface area contributed by atoms with Crippen LogP contribution in [0.3, 0.4) is 0 Å². The Kier molecular flexibility index (Phi) is 3.71. The molecule has 0 fully saturated rings. The van der Waals surface area contributed by atoms with Crippen LogP contribution in [0, 0.1) is 5.82 Å². The van der Waals surface area contributed by atoms with Gasteiger partial charge in [-0.05, 0) is 19.0 Å². The van der Waals surface area contributed by atoms with Gasteiger partial charge in [0.1, 0.15) is 5.82 Å².